The Kier molecular flexibility index (Phi) is 7.16. The molecule has 4 rings (SSSR count). The fraction of sp³-hybridized carbons (Fsp3) is 0.308. The van der Waals surface area contributed by atoms with Crippen molar-refractivity contribution in [3.8, 4) is 11.4 Å². The lowest BCUT2D eigenvalue weighted by atomic mass is 9.84. The van der Waals surface area contributed by atoms with Crippen molar-refractivity contribution in [2.75, 3.05) is 10.6 Å². The number of halogens is 1. The molecule has 2 amide bonds. The number of carbonyl (C=O) groups excluding carboxylic acids is 2. The third-order valence-corrected chi connectivity index (χ3v) is 6.09. The lowest BCUT2D eigenvalue weighted by Crippen LogP contribution is -2.19. The van der Waals surface area contributed by atoms with Crippen molar-refractivity contribution in [2.24, 2.45) is 11.3 Å². The summed E-state index contributed by atoms with van der Waals surface area (Å²) in [5, 5.41) is 10.3. The van der Waals surface area contributed by atoms with E-state index in [0.29, 0.717) is 34.6 Å². The van der Waals surface area contributed by atoms with E-state index in [1.807, 2.05) is 12.1 Å². The molecule has 0 saturated heterocycles. The van der Waals surface area contributed by atoms with Gasteiger partial charge in [0.05, 0.1) is 16.9 Å². The van der Waals surface area contributed by atoms with Gasteiger partial charge >= 0.3 is 5.76 Å². The predicted molar refractivity (Wildman–Crippen MR) is 143 cm³/mol. The van der Waals surface area contributed by atoms with Crippen molar-refractivity contribution in [1.29, 1.82) is 0 Å². The number of benzene rings is 2. The minimum absolute atomic E-state index is 0.0686. The number of nitrogens with one attached hydrogen (secondary N) is 4. The van der Waals surface area contributed by atoms with Crippen molar-refractivity contribution < 1.29 is 14.1 Å². The molecule has 2 aromatic heterocycles. The molecule has 4 aromatic rings. The number of aromatic nitrogens is 3. The number of para-hydroxylation sites is 1. The van der Waals surface area contributed by atoms with E-state index in [0.717, 1.165) is 16.3 Å². The maximum absolute atomic E-state index is 13.1. The van der Waals surface area contributed by atoms with E-state index in [1.54, 1.807) is 30.3 Å². The molecule has 1 atom stereocenters. The zero-order chi connectivity index (χ0) is 26.0. The summed E-state index contributed by atoms with van der Waals surface area (Å²) in [4.78, 5) is 42.8. The average Bonchev–Trinajstić information content (AvgIpc) is 3.40. The van der Waals surface area contributed by atoms with Gasteiger partial charge in [0, 0.05) is 21.8 Å². The van der Waals surface area contributed by atoms with Crippen LogP contribution in [0.4, 0.5) is 11.4 Å². The van der Waals surface area contributed by atoms with Gasteiger partial charge in [-0.15, -0.1) is 0 Å². The van der Waals surface area contributed by atoms with Crippen molar-refractivity contribution in [1.82, 2.24) is 15.1 Å². The summed E-state index contributed by atoms with van der Waals surface area (Å²) >= 11 is 3.39. The zero-order valence-corrected chi connectivity index (χ0v) is 22.1. The molecule has 188 valence electrons. The van der Waals surface area contributed by atoms with Crippen LogP contribution in [0.15, 0.2) is 56.3 Å². The molecule has 0 aliphatic heterocycles. The fourth-order valence-electron chi connectivity index (χ4n) is 4.37. The van der Waals surface area contributed by atoms with Gasteiger partial charge in [0.15, 0.2) is 5.82 Å². The van der Waals surface area contributed by atoms with Crippen molar-refractivity contribution in [3.63, 3.8) is 0 Å². The van der Waals surface area contributed by atoms with E-state index in [9.17, 15) is 14.4 Å². The normalized spacial score (nSPS) is 12.5. The molecule has 4 N–H and O–H groups in total. The van der Waals surface area contributed by atoms with Crippen molar-refractivity contribution >= 4 is 50.0 Å². The van der Waals surface area contributed by atoms with Gasteiger partial charge < -0.3 is 15.6 Å². The number of hydrogen-bond acceptors (Lipinski definition) is 5. The van der Waals surface area contributed by atoms with Crippen LogP contribution in [0.3, 0.4) is 0 Å². The van der Waals surface area contributed by atoms with Crippen LogP contribution in [-0.2, 0) is 4.79 Å². The quantitative estimate of drug-likeness (QED) is 0.225. The summed E-state index contributed by atoms with van der Waals surface area (Å²) in [5.74, 6) is -0.717. The van der Waals surface area contributed by atoms with Gasteiger partial charge in [0.2, 0.25) is 5.91 Å². The second-order valence-corrected chi connectivity index (χ2v) is 11.1. The topological polar surface area (TPSA) is 133 Å². The number of amides is 2. The second-order valence-electron chi connectivity index (χ2n) is 10.2. The van der Waals surface area contributed by atoms with Gasteiger partial charge in [0.1, 0.15) is 5.69 Å². The largest absolute Gasteiger partial charge is 0.439 e. The van der Waals surface area contributed by atoms with Crippen molar-refractivity contribution in [3.05, 3.63) is 63.2 Å². The molecule has 0 aliphatic rings. The first-order valence-corrected chi connectivity index (χ1v) is 12.4. The molecule has 0 bridgehead atoms. The molecule has 0 saturated carbocycles. The van der Waals surface area contributed by atoms with Gasteiger partial charge in [0.25, 0.3) is 5.91 Å². The van der Waals surface area contributed by atoms with Crippen molar-refractivity contribution in [2.45, 2.75) is 40.5 Å². The van der Waals surface area contributed by atoms with Gasteiger partial charge in [-0.05, 0) is 48.1 Å². The fourth-order valence-corrected chi connectivity index (χ4v) is 4.74. The number of fused-ring (bicyclic) bond motifs is 1. The number of nitrogens with zero attached hydrogens (tertiary/aromatic N) is 1. The molecule has 10 heteroatoms. The highest BCUT2D eigenvalue weighted by molar-refractivity contribution is 9.10. The Labute approximate surface area is 216 Å². The second kappa shape index (κ2) is 10.1. The van der Waals surface area contributed by atoms with Crippen LogP contribution in [0.5, 0.6) is 0 Å². The third-order valence-electron chi connectivity index (χ3n) is 5.59. The van der Waals surface area contributed by atoms with Gasteiger partial charge in [-0.25, -0.2) is 4.79 Å². The van der Waals surface area contributed by atoms with E-state index < -0.39 is 11.7 Å². The summed E-state index contributed by atoms with van der Waals surface area (Å²) in [6, 6.07) is 12.4. The zero-order valence-electron chi connectivity index (χ0n) is 20.5. The van der Waals surface area contributed by atoms with Gasteiger partial charge in [-0.1, -0.05) is 60.9 Å². The summed E-state index contributed by atoms with van der Waals surface area (Å²) in [7, 11) is 0. The monoisotopic (exact) mass is 553 g/mol. The number of carbonyl (C=O) groups is 2. The highest BCUT2D eigenvalue weighted by atomic mass is 79.9. The SMILES string of the molecule is CC(CC(=O)Nc1cccc2cc(C(=O)Nc3ccc(Br)cc3-c3noc(=O)[nH]3)[nH]c12)CC(C)(C)C. The van der Waals surface area contributed by atoms with E-state index in [-0.39, 0.29) is 23.1 Å². The third kappa shape index (κ3) is 6.12. The number of aromatic amines is 2. The Bertz CT molecular complexity index is 1480. The summed E-state index contributed by atoms with van der Waals surface area (Å²) < 4.78 is 5.34. The van der Waals surface area contributed by atoms with Crippen LogP contribution < -0.4 is 16.4 Å². The van der Waals surface area contributed by atoms with Crippen LogP contribution >= 0.6 is 15.9 Å². The Morgan fingerprint density at radius 2 is 1.86 bits per heavy atom. The van der Waals surface area contributed by atoms with Crippen LogP contribution in [0.2, 0.25) is 0 Å². The lowest BCUT2D eigenvalue weighted by molar-refractivity contribution is -0.117. The molecule has 0 spiro atoms. The Morgan fingerprint density at radius 3 is 2.56 bits per heavy atom. The van der Waals surface area contributed by atoms with Crippen LogP contribution in [0.1, 0.15) is 51.0 Å². The molecule has 1 unspecified atom stereocenters. The molecule has 2 heterocycles. The molecular weight excluding hydrogens is 526 g/mol. The first kappa shape index (κ1) is 25.4. The van der Waals surface area contributed by atoms with E-state index in [4.69, 9.17) is 0 Å². The van der Waals surface area contributed by atoms with Crippen LogP contribution in [0.25, 0.3) is 22.3 Å². The lowest BCUT2D eigenvalue weighted by Gasteiger charge is -2.22. The van der Waals surface area contributed by atoms with E-state index in [2.05, 4.69) is 73.9 Å². The standard InChI is InChI=1S/C26H28BrN5O4/c1-14(13-26(2,3)4)10-21(33)28-19-7-5-6-15-11-20(29-22(15)19)24(34)30-18-9-8-16(27)12-17(18)23-31-25(35)36-32-23/h5-9,11-12,14,29H,10,13H2,1-4H3,(H,28,33)(H,30,34)(H,31,32,35). The van der Waals surface area contributed by atoms with E-state index in [1.165, 1.54) is 0 Å². The minimum Gasteiger partial charge on any atom is -0.349 e. The number of rotatable bonds is 7. The summed E-state index contributed by atoms with van der Waals surface area (Å²) in [5.41, 5.74) is 2.67. The first-order chi connectivity index (χ1) is 17.0. The minimum atomic E-state index is -0.694. The van der Waals surface area contributed by atoms with Crippen LogP contribution in [-0.4, -0.2) is 26.9 Å². The molecule has 0 aliphatic carbocycles. The highest BCUT2D eigenvalue weighted by Gasteiger charge is 2.20. The number of hydrogen-bond donors (Lipinski definition) is 4. The Hall–Kier alpha value is -3.66. The number of anilines is 2. The summed E-state index contributed by atoms with van der Waals surface area (Å²) in [6.45, 7) is 8.56. The molecule has 2 aromatic carbocycles. The van der Waals surface area contributed by atoms with E-state index >= 15 is 0 Å². The molecule has 0 radical (unpaired) electrons. The maximum atomic E-state index is 13.1. The Morgan fingerprint density at radius 1 is 1.08 bits per heavy atom. The predicted octanol–water partition coefficient (Wildman–Crippen LogP) is 5.93. The Balaban J connectivity index is 1.54. The molecule has 36 heavy (non-hydrogen) atoms. The smallest absolute Gasteiger partial charge is 0.349 e. The van der Waals surface area contributed by atoms with Gasteiger partial charge in [-0.3, -0.25) is 19.1 Å². The molecule has 0 fully saturated rings. The maximum Gasteiger partial charge on any atom is 0.439 e. The summed E-state index contributed by atoms with van der Waals surface area (Å²) in [6.07, 6.45) is 1.36. The van der Waals surface area contributed by atoms with Crippen LogP contribution in [0, 0.1) is 11.3 Å². The highest BCUT2D eigenvalue weighted by Crippen LogP contribution is 2.30. The number of H-pyrrole nitrogens is 2. The average molecular weight is 554 g/mol. The van der Waals surface area contributed by atoms with Gasteiger partial charge in [-0.2, -0.15) is 0 Å². The molecular formula is C26H28BrN5O4. The first-order valence-electron chi connectivity index (χ1n) is 11.6. The molecule has 9 nitrogen and oxygen atoms in total.